The fourth-order valence-electron chi connectivity index (χ4n) is 5.18. The van der Waals surface area contributed by atoms with Crippen molar-refractivity contribution in [1.29, 1.82) is 5.26 Å². The number of H-pyrrole nitrogens is 1. The van der Waals surface area contributed by atoms with Crippen molar-refractivity contribution < 1.29 is 13.6 Å². The lowest BCUT2D eigenvalue weighted by Gasteiger charge is -2.37. The van der Waals surface area contributed by atoms with E-state index in [9.17, 15) is 10.1 Å². The lowest BCUT2D eigenvalue weighted by Crippen LogP contribution is -2.45. The minimum Gasteiger partial charge on any atom is -0.348 e. The summed E-state index contributed by atoms with van der Waals surface area (Å²) in [5.74, 6) is -2.63. The van der Waals surface area contributed by atoms with Crippen LogP contribution in [-0.4, -0.2) is 23.0 Å². The number of anilines is 1. The fraction of sp³-hybridized carbons (Fsp3) is 0.333. The number of amides is 1. The molecule has 5 nitrogen and oxygen atoms in total. The lowest BCUT2D eigenvalue weighted by atomic mass is 9.62. The summed E-state index contributed by atoms with van der Waals surface area (Å²) < 4.78 is 31.1. The van der Waals surface area contributed by atoms with Crippen LogP contribution in [0.5, 0.6) is 0 Å². The Balaban J connectivity index is 1.98. The molecule has 4 atom stereocenters. The number of hydrogen-bond donors (Lipinski definition) is 3. The number of carbonyl (C=O) groups is 1. The average molecular weight is 531 g/mol. The maximum Gasteiger partial charge on any atom is 0.243 e. The summed E-state index contributed by atoms with van der Waals surface area (Å²) >= 11 is 12.2. The van der Waals surface area contributed by atoms with E-state index in [0.29, 0.717) is 12.2 Å². The van der Waals surface area contributed by atoms with Gasteiger partial charge in [-0.3, -0.25) is 4.79 Å². The molecule has 1 aromatic heterocycles. The Hall–Kier alpha value is -2.92. The normalized spacial score (nSPS) is 23.9. The topological polar surface area (TPSA) is 80.7 Å². The van der Waals surface area contributed by atoms with Gasteiger partial charge in [0, 0.05) is 28.7 Å². The van der Waals surface area contributed by atoms with Crippen LogP contribution >= 0.6 is 23.2 Å². The van der Waals surface area contributed by atoms with Crippen molar-refractivity contribution in [1.82, 2.24) is 10.3 Å². The van der Waals surface area contributed by atoms with Gasteiger partial charge in [-0.15, -0.1) is 0 Å². The third kappa shape index (κ3) is 4.73. The molecule has 1 aliphatic heterocycles. The second kappa shape index (κ2) is 9.85. The molecule has 9 heteroatoms. The number of nitriles is 1. The van der Waals surface area contributed by atoms with E-state index in [1.807, 2.05) is 20.8 Å². The van der Waals surface area contributed by atoms with Gasteiger partial charge in [0.25, 0.3) is 0 Å². The summed E-state index contributed by atoms with van der Waals surface area (Å²) in [4.78, 5) is 16.5. The van der Waals surface area contributed by atoms with E-state index in [2.05, 4.69) is 21.7 Å². The Morgan fingerprint density at radius 3 is 2.53 bits per heavy atom. The van der Waals surface area contributed by atoms with Gasteiger partial charge in [-0.2, -0.15) is 5.26 Å². The van der Waals surface area contributed by atoms with Gasteiger partial charge in [0.2, 0.25) is 5.91 Å². The summed E-state index contributed by atoms with van der Waals surface area (Å²) in [5, 5.41) is 16.9. The number of aromatic amines is 1. The molecule has 3 aromatic rings. The highest BCUT2D eigenvalue weighted by Crippen LogP contribution is 2.52. The van der Waals surface area contributed by atoms with Gasteiger partial charge in [0.15, 0.2) is 0 Å². The van der Waals surface area contributed by atoms with Crippen LogP contribution in [0.3, 0.4) is 0 Å². The first-order valence-electron chi connectivity index (χ1n) is 11.5. The van der Waals surface area contributed by atoms with Crippen LogP contribution in [0.1, 0.15) is 44.2 Å². The minimum absolute atomic E-state index is 0.0377. The number of benzene rings is 2. The fourth-order valence-corrected chi connectivity index (χ4v) is 5.52. The van der Waals surface area contributed by atoms with Crippen molar-refractivity contribution in [2.24, 2.45) is 5.41 Å². The quantitative estimate of drug-likeness (QED) is 0.349. The summed E-state index contributed by atoms with van der Waals surface area (Å²) in [6, 6.07) is 12.4. The van der Waals surface area contributed by atoms with Crippen LogP contribution in [-0.2, 0) is 10.2 Å². The maximum absolute atomic E-state index is 15.6. The standard InChI is InChI=1S/C27H26Cl2F2N4O/c1-26(2,3)13-20-27(14-32,17-10-9-15(28)12-19(17)30)22(16-6-4-7-18(29)23(16)31)24(34-20)25(36)35-21-8-5-11-33-21/h4-12,20,22,24,33-34H,13H2,1-3H3,(H,35,36)/t20-,22-,24+,27-/m0/s1. The molecule has 1 fully saturated rings. The first-order chi connectivity index (χ1) is 17.0. The SMILES string of the molecule is CC(C)(C)C[C@@H]1N[C@@H](C(=O)Nc2ccc[nH]2)[C@H](c2cccc(Cl)c2F)[C@@]1(C#N)c1ccc(Cl)cc1F. The van der Waals surface area contributed by atoms with Crippen molar-refractivity contribution in [2.75, 3.05) is 5.32 Å². The van der Waals surface area contributed by atoms with E-state index in [4.69, 9.17) is 23.2 Å². The van der Waals surface area contributed by atoms with Crippen molar-refractivity contribution in [2.45, 2.75) is 50.6 Å². The molecule has 0 aliphatic carbocycles. The minimum atomic E-state index is -1.66. The first-order valence-corrected chi connectivity index (χ1v) is 12.2. The molecule has 4 rings (SSSR count). The first kappa shape index (κ1) is 26.2. The number of aromatic nitrogens is 1. The van der Waals surface area contributed by atoms with Crippen LogP contribution in [0, 0.1) is 28.4 Å². The molecule has 1 saturated heterocycles. The zero-order chi connectivity index (χ0) is 26.3. The second-order valence-corrected chi connectivity index (χ2v) is 11.1. The van der Waals surface area contributed by atoms with Crippen molar-refractivity contribution in [3.05, 3.63) is 87.5 Å². The molecule has 36 heavy (non-hydrogen) atoms. The van der Waals surface area contributed by atoms with Crippen LogP contribution in [0.4, 0.5) is 14.6 Å². The van der Waals surface area contributed by atoms with Crippen molar-refractivity contribution >= 4 is 34.9 Å². The summed E-state index contributed by atoms with van der Waals surface area (Å²) in [5.41, 5.74) is -1.89. The molecular weight excluding hydrogens is 505 g/mol. The summed E-state index contributed by atoms with van der Waals surface area (Å²) in [7, 11) is 0. The van der Waals surface area contributed by atoms with E-state index in [1.165, 1.54) is 24.3 Å². The molecule has 0 unspecified atom stereocenters. The second-order valence-electron chi connectivity index (χ2n) is 10.3. The van der Waals surface area contributed by atoms with Gasteiger partial charge < -0.3 is 15.6 Å². The molecule has 3 N–H and O–H groups in total. The highest BCUT2D eigenvalue weighted by Gasteiger charge is 2.61. The smallest absolute Gasteiger partial charge is 0.243 e. The van der Waals surface area contributed by atoms with Gasteiger partial charge >= 0.3 is 0 Å². The molecule has 0 bridgehead atoms. The number of halogens is 4. The molecule has 0 radical (unpaired) electrons. The van der Waals surface area contributed by atoms with Crippen molar-refractivity contribution in [3.63, 3.8) is 0 Å². The molecule has 2 aromatic carbocycles. The van der Waals surface area contributed by atoms with Gasteiger partial charge in [0.1, 0.15) is 22.9 Å². The highest BCUT2D eigenvalue weighted by atomic mass is 35.5. The molecule has 2 heterocycles. The number of nitrogens with one attached hydrogen (secondary N) is 3. The van der Waals surface area contributed by atoms with Gasteiger partial charge in [-0.05, 0) is 47.7 Å². The van der Waals surface area contributed by atoms with Gasteiger partial charge in [-0.1, -0.05) is 62.2 Å². The highest BCUT2D eigenvalue weighted by molar-refractivity contribution is 6.31. The van der Waals surface area contributed by atoms with Crippen molar-refractivity contribution in [3.8, 4) is 6.07 Å². The molecule has 1 aliphatic rings. The zero-order valence-corrected chi connectivity index (χ0v) is 21.5. The number of rotatable bonds is 5. The van der Waals surface area contributed by atoms with Crippen LogP contribution in [0.25, 0.3) is 0 Å². The summed E-state index contributed by atoms with van der Waals surface area (Å²) in [6.45, 7) is 5.95. The number of hydrogen-bond acceptors (Lipinski definition) is 3. The van der Waals surface area contributed by atoms with Gasteiger partial charge in [-0.25, -0.2) is 8.78 Å². The predicted molar refractivity (Wildman–Crippen MR) is 137 cm³/mol. The molecule has 0 spiro atoms. The molecule has 0 saturated carbocycles. The maximum atomic E-state index is 15.6. The Morgan fingerprint density at radius 2 is 1.92 bits per heavy atom. The summed E-state index contributed by atoms with van der Waals surface area (Å²) in [6.07, 6.45) is 2.05. The molecule has 1 amide bonds. The Morgan fingerprint density at radius 1 is 1.17 bits per heavy atom. The third-order valence-electron chi connectivity index (χ3n) is 6.59. The van der Waals surface area contributed by atoms with Gasteiger partial charge in [0.05, 0.1) is 17.1 Å². The molecular formula is C27H26Cl2F2N4O. The number of nitrogens with zero attached hydrogens (tertiary/aromatic N) is 1. The van der Waals surface area contributed by atoms with E-state index >= 15 is 8.78 Å². The Labute approximate surface area is 218 Å². The van der Waals surface area contributed by atoms with Crippen LogP contribution in [0.15, 0.2) is 54.7 Å². The Kier molecular flexibility index (Phi) is 7.16. The van der Waals surface area contributed by atoms with E-state index < -0.39 is 41.0 Å². The zero-order valence-electron chi connectivity index (χ0n) is 20.0. The van der Waals surface area contributed by atoms with E-state index in [1.54, 1.807) is 24.4 Å². The third-order valence-corrected chi connectivity index (χ3v) is 7.11. The number of carbonyl (C=O) groups excluding carboxylic acids is 1. The molecule has 188 valence electrons. The largest absolute Gasteiger partial charge is 0.348 e. The van der Waals surface area contributed by atoms with E-state index in [-0.39, 0.29) is 26.6 Å². The van der Waals surface area contributed by atoms with E-state index in [0.717, 1.165) is 6.07 Å². The monoisotopic (exact) mass is 530 g/mol. The average Bonchev–Trinajstić information content (AvgIpc) is 3.41. The van der Waals surface area contributed by atoms with Crippen LogP contribution in [0.2, 0.25) is 10.0 Å². The predicted octanol–water partition coefficient (Wildman–Crippen LogP) is 6.56. The lowest BCUT2D eigenvalue weighted by molar-refractivity contribution is -0.118. The Bertz CT molecular complexity index is 1320. The van der Waals surface area contributed by atoms with Crippen LogP contribution < -0.4 is 10.6 Å².